The molecule has 0 radical (unpaired) electrons. The standard InChI is InChI=1S/C12H30O6Si2/c1-11(13)12(2,14)10-17-8-7-9-20(15,16-3)18-19(4,5)6/h11,13-15H,7-10H2,1-6H3. The van der Waals surface area contributed by atoms with Crippen molar-refractivity contribution in [2.75, 3.05) is 20.3 Å². The molecule has 0 rings (SSSR count). The van der Waals surface area contributed by atoms with Crippen molar-refractivity contribution in [3.05, 3.63) is 0 Å². The van der Waals surface area contributed by atoms with Gasteiger partial charge in [0.1, 0.15) is 5.60 Å². The summed E-state index contributed by atoms with van der Waals surface area (Å²) < 4.78 is 16.2. The van der Waals surface area contributed by atoms with Crippen LogP contribution in [0.4, 0.5) is 0 Å². The maximum Gasteiger partial charge on any atom is 0.487 e. The maximum absolute atomic E-state index is 10.3. The molecule has 0 fully saturated rings. The van der Waals surface area contributed by atoms with Gasteiger partial charge in [0.2, 0.25) is 0 Å². The van der Waals surface area contributed by atoms with Crippen LogP contribution in [0.5, 0.6) is 0 Å². The van der Waals surface area contributed by atoms with Crippen LogP contribution >= 0.6 is 0 Å². The minimum atomic E-state index is -3.11. The second-order valence-electron chi connectivity index (χ2n) is 6.32. The van der Waals surface area contributed by atoms with E-state index < -0.39 is 28.8 Å². The van der Waals surface area contributed by atoms with Gasteiger partial charge in [0.15, 0.2) is 8.32 Å². The highest BCUT2D eigenvalue weighted by molar-refractivity contribution is 6.79. The van der Waals surface area contributed by atoms with Crippen LogP contribution in [0.2, 0.25) is 25.7 Å². The Morgan fingerprint density at radius 1 is 1.25 bits per heavy atom. The highest BCUT2D eigenvalue weighted by Crippen LogP contribution is 2.18. The molecule has 0 saturated heterocycles. The molecule has 0 aromatic heterocycles. The van der Waals surface area contributed by atoms with E-state index in [-0.39, 0.29) is 6.61 Å². The Labute approximate surface area is 124 Å². The Morgan fingerprint density at radius 2 is 1.80 bits per heavy atom. The van der Waals surface area contributed by atoms with Crippen LogP contribution < -0.4 is 0 Å². The van der Waals surface area contributed by atoms with Crippen LogP contribution in [-0.2, 0) is 13.3 Å². The topological polar surface area (TPSA) is 88.4 Å². The number of hydrogen-bond acceptors (Lipinski definition) is 6. The first-order chi connectivity index (χ1) is 8.92. The van der Waals surface area contributed by atoms with Crippen molar-refractivity contribution in [1.82, 2.24) is 0 Å². The van der Waals surface area contributed by atoms with Crippen molar-refractivity contribution in [2.24, 2.45) is 0 Å². The molecule has 0 heterocycles. The van der Waals surface area contributed by atoms with Crippen molar-refractivity contribution >= 4 is 17.1 Å². The first kappa shape index (κ1) is 20.2. The van der Waals surface area contributed by atoms with E-state index in [1.54, 1.807) is 0 Å². The van der Waals surface area contributed by atoms with Gasteiger partial charge in [-0.25, -0.2) is 0 Å². The van der Waals surface area contributed by atoms with Gasteiger partial charge in [-0.2, -0.15) is 0 Å². The van der Waals surface area contributed by atoms with Crippen LogP contribution in [0, 0.1) is 0 Å². The Balaban J connectivity index is 4.04. The quantitative estimate of drug-likeness (QED) is 0.409. The fourth-order valence-electron chi connectivity index (χ4n) is 1.47. The van der Waals surface area contributed by atoms with Crippen LogP contribution in [0.15, 0.2) is 0 Å². The summed E-state index contributed by atoms with van der Waals surface area (Å²) in [6.07, 6.45) is -0.278. The molecule has 0 aromatic rings. The second kappa shape index (κ2) is 7.99. The van der Waals surface area contributed by atoms with Crippen LogP contribution in [0.25, 0.3) is 0 Å². The molecule has 0 saturated carbocycles. The summed E-state index contributed by atoms with van der Waals surface area (Å²) in [5, 5.41) is 19.1. The van der Waals surface area contributed by atoms with Crippen molar-refractivity contribution in [3.8, 4) is 0 Å². The molecule has 3 atom stereocenters. The predicted octanol–water partition coefficient (Wildman–Crippen LogP) is 0.954. The number of hydrogen-bond donors (Lipinski definition) is 3. The van der Waals surface area contributed by atoms with Crippen LogP contribution in [0.3, 0.4) is 0 Å². The van der Waals surface area contributed by atoms with Crippen LogP contribution in [0.1, 0.15) is 20.3 Å². The molecule has 0 spiro atoms. The van der Waals surface area contributed by atoms with E-state index in [9.17, 15) is 15.0 Å². The number of rotatable bonds is 10. The first-order valence-electron chi connectivity index (χ1n) is 6.88. The first-order valence-corrected chi connectivity index (χ1v) is 12.3. The molecular weight excluding hydrogens is 296 g/mol. The fraction of sp³-hybridized carbons (Fsp3) is 1.00. The molecule has 0 aliphatic carbocycles. The van der Waals surface area contributed by atoms with Crippen molar-refractivity contribution < 1.29 is 28.3 Å². The molecule has 8 heteroatoms. The zero-order valence-corrected chi connectivity index (χ0v) is 15.5. The third kappa shape index (κ3) is 8.47. The van der Waals surface area contributed by atoms with Gasteiger partial charge in [-0.1, -0.05) is 0 Å². The molecule has 0 bridgehead atoms. The minimum Gasteiger partial charge on any atom is -0.416 e. The van der Waals surface area contributed by atoms with Gasteiger partial charge < -0.3 is 28.3 Å². The van der Waals surface area contributed by atoms with E-state index in [0.29, 0.717) is 19.1 Å². The summed E-state index contributed by atoms with van der Waals surface area (Å²) in [7, 11) is -3.50. The SMILES string of the molecule is CO[Si](O)(CCCOCC(C)(O)C(C)O)O[Si](C)(C)C. The summed E-state index contributed by atoms with van der Waals surface area (Å²) in [5.41, 5.74) is -1.26. The van der Waals surface area contributed by atoms with Gasteiger partial charge in [-0.3, -0.25) is 0 Å². The third-order valence-electron chi connectivity index (χ3n) is 2.86. The van der Waals surface area contributed by atoms with Crippen molar-refractivity contribution in [2.45, 2.75) is 57.7 Å². The monoisotopic (exact) mass is 326 g/mol. The summed E-state index contributed by atoms with van der Waals surface area (Å²) in [6.45, 7) is 9.46. The molecule has 0 amide bonds. The van der Waals surface area contributed by atoms with Crippen molar-refractivity contribution in [3.63, 3.8) is 0 Å². The molecule has 122 valence electrons. The van der Waals surface area contributed by atoms with Gasteiger partial charge in [-0.15, -0.1) is 0 Å². The van der Waals surface area contributed by atoms with Gasteiger partial charge in [-0.05, 0) is 39.9 Å². The van der Waals surface area contributed by atoms with E-state index in [0.717, 1.165) is 0 Å². The Morgan fingerprint density at radius 3 is 2.20 bits per heavy atom. The van der Waals surface area contributed by atoms with E-state index in [2.05, 4.69) is 0 Å². The molecule has 6 nitrogen and oxygen atoms in total. The average molecular weight is 327 g/mol. The zero-order valence-electron chi connectivity index (χ0n) is 13.5. The lowest BCUT2D eigenvalue weighted by Gasteiger charge is -2.30. The molecule has 0 aliphatic heterocycles. The zero-order chi connectivity index (χ0) is 16.0. The lowest BCUT2D eigenvalue weighted by molar-refractivity contribution is -0.102. The predicted molar refractivity (Wildman–Crippen MR) is 82.0 cm³/mol. The van der Waals surface area contributed by atoms with Gasteiger partial charge in [0.05, 0.1) is 12.7 Å². The highest BCUT2D eigenvalue weighted by Gasteiger charge is 2.39. The smallest absolute Gasteiger partial charge is 0.416 e. The number of aliphatic hydroxyl groups excluding tert-OH is 1. The van der Waals surface area contributed by atoms with E-state index in [4.69, 9.17) is 13.3 Å². The van der Waals surface area contributed by atoms with Crippen molar-refractivity contribution in [1.29, 1.82) is 0 Å². The van der Waals surface area contributed by atoms with E-state index >= 15 is 0 Å². The molecule has 20 heavy (non-hydrogen) atoms. The average Bonchev–Trinajstić information content (AvgIpc) is 2.25. The lowest BCUT2D eigenvalue weighted by Crippen LogP contribution is -2.49. The second-order valence-corrected chi connectivity index (χ2v) is 13.7. The molecule has 3 unspecified atom stereocenters. The molecular formula is C12H30O6Si2. The maximum atomic E-state index is 10.3. The lowest BCUT2D eigenvalue weighted by atomic mass is 10.0. The Kier molecular flexibility index (Phi) is 8.07. The largest absolute Gasteiger partial charge is 0.487 e. The minimum absolute atomic E-state index is 0.0481. The third-order valence-corrected chi connectivity index (χ3v) is 8.21. The summed E-state index contributed by atoms with van der Waals surface area (Å²) in [5.74, 6) is 0. The summed E-state index contributed by atoms with van der Waals surface area (Å²) in [6, 6.07) is 0.421. The van der Waals surface area contributed by atoms with Gasteiger partial charge in [0, 0.05) is 19.8 Å². The summed E-state index contributed by atoms with van der Waals surface area (Å²) in [4.78, 5) is 10.3. The van der Waals surface area contributed by atoms with E-state index in [1.807, 2.05) is 19.6 Å². The number of aliphatic hydroxyl groups is 2. The normalized spacial score (nSPS) is 20.2. The Hall–Kier alpha value is 0.194. The molecule has 0 aromatic carbocycles. The molecule has 3 N–H and O–H groups in total. The fourth-order valence-corrected chi connectivity index (χ4v) is 6.83. The highest BCUT2D eigenvalue weighted by atomic mass is 28.5. The Bertz CT molecular complexity index is 280. The van der Waals surface area contributed by atoms with Gasteiger partial charge >= 0.3 is 8.80 Å². The molecule has 0 aliphatic rings. The summed E-state index contributed by atoms with van der Waals surface area (Å²) >= 11 is 0. The van der Waals surface area contributed by atoms with Gasteiger partial charge in [0.25, 0.3) is 0 Å². The van der Waals surface area contributed by atoms with Crippen LogP contribution in [-0.4, -0.2) is 64.2 Å². The van der Waals surface area contributed by atoms with E-state index in [1.165, 1.54) is 21.0 Å². The number of ether oxygens (including phenoxy) is 1.